The van der Waals surface area contributed by atoms with Crippen molar-refractivity contribution in [3.8, 4) is 17.2 Å². The number of phenols is 1. The van der Waals surface area contributed by atoms with Gasteiger partial charge in [-0.3, -0.25) is 19.3 Å². The van der Waals surface area contributed by atoms with Gasteiger partial charge in [-0.05, 0) is 61.6 Å². The largest absolute Gasteiger partial charge is 0.508 e. The van der Waals surface area contributed by atoms with Crippen LogP contribution in [0.3, 0.4) is 0 Å². The number of aromatic nitrogens is 1. The van der Waals surface area contributed by atoms with E-state index in [1.54, 1.807) is 30.3 Å². The molecular weight excluding hydrogens is 498 g/mol. The van der Waals surface area contributed by atoms with Gasteiger partial charge in [-0.15, -0.1) is 0 Å². The van der Waals surface area contributed by atoms with E-state index in [9.17, 15) is 19.5 Å². The lowest BCUT2D eigenvalue weighted by Crippen LogP contribution is -2.50. The maximum absolute atomic E-state index is 14.1. The van der Waals surface area contributed by atoms with Gasteiger partial charge in [0.25, 0.3) is 11.8 Å². The molecule has 1 aliphatic heterocycles. The van der Waals surface area contributed by atoms with Crippen molar-refractivity contribution in [2.45, 2.75) is 38.8 Å². The Balaban J connectivity index is 1.91. The molecule has 0 saturated carbocycles. The summed E-state index contributed by atoms with van der Waals surface area (Å²) in [5, 5.41) is 12.9. The molecule has 0 bridgehead atoms. The highest BCUT2D eigenvalue weighted by atomic mass is 32.1. The van der Waals surface area contributed by atoms with Gasteiger partial charge in [-0.1, -0.05) is 19.1 Å². The molecule has 37 heavy (non-hydrogen) atoms. The minimum atomic E-state index is -1.20. The minimum Gasteiger partial charge on any atom is -0.508 e. The lowest BCUT2D eigenvalue weighted by atomic mass is 9.98. The second kappa shape index (κ2) is 9.97. The number of carbonyl (C=O) groups excluding carboxylic acids is 3. The Hall–Kier alpha value is -4.32. The molecule has 1 aliphatic rings. The van der Waals surface area contributed by atoms with Crippen LogP contribution >= 0.6 is 11.5 Å². The fraction of sp³-hybridized carbons (Fsp3) is 0.280. The predicted molar refractivity (Wildman–Crippen MR) is 138 cm³/mol. The fourth-order valence-electron chi connectivity index (χ4n) is 3.72. The second-order valence-corrected chi connectivity index (χ2v) is 9.85. The zero-order valence-corrected chi connectivity index (χ0v) is 21.3. The third-order valence-electron chi connectivity index (χ3n) is 6.07. The molecule has 6 N–H and O–H groups in total. The zero-order chi connectivity index (χ0) is 26.9. The molecule has 0 unspecified atom stereocenters. The highest BCUT2D eigenvalue weighted by molar-refractivity contribution is 7.09. The Morgan fingerprint density at radius 1 is 1.16 bits per heavy atom. The highest BCUT2D eigenvalue weighted by Crippen LogP contribution is 2.40. The summed E-state index contributed by atoms with van der Waals surface area (Å²) >= 11 is 0.711. The molecule has 0 fully saturated rings. The van der Waals surface area contributed by atoms with E-state index in [1.807, 2.05) is 20.8 Å². The van der Waals surface area contributed by atoms with Crippen LogP contribution < -0.4 is 31.2 Å². The predicted octanol–water partition coefficient (Wildman–Crippen LogP) is 2.95. The average Bonchev–Trinajstić information content (AvgIpc) is 3.48. The average molecular weight is 526 g/mol. The van der Waals surface area contributed by atoms with Crippen molar-refractivity contribution in [2.24, 2.45) is 5.73 Å². The standard InChI is InChI=1S/C25H27N5O6S/c1-4-25(2,3)28-23(33)20(13-5-8-15(31)9-6-13)30(14-7-10-16-17(11-14)36-12-35-16)24(34)21-18(26)19(22(27)32)29-37-21/h5-11,20,31H,4,12,26H2,1-3H3,(H2,27,32)(H,28,33)/t20-/m1/s1. The van der Waals surface area contributed by atoms with E-state index in [0.29, 0.717) is 40.7 Å². The van der Waals surface area contributed by atoms with Crippen LogP contribution in [0.15, 0.2) is 42.5 Å². The maximum atomic E-state index is 14.1. The molecule has 2 heterocycles. The summed E-state index contributed by atoms with van der Waals surface area (Å²) < 4.78 is 14.9. The van der Waals surface area contributed by atoms with Crippen molar-refractivity contribution >= 4 is 40.6 Å². The topological polar surface area (TPSA) is 170 Å². The summed E-state index contributed by atoms with van der Waals surface area (Å²) in [5.74, 6) is -1.15. The smallest absolute Gasteiger partial charge is 0.273 e. The lowest BCUT2D eigenvalue weighted by molar-refractivity contribution is -0.124. The summed E-state index contributed by atoms with van der Waals surface area (Å²) in [7, 11) is 0. The summed E-state index contributed by atoms with van der Waals surface area (Å²) in [5.41, 5.74) is 11.2. The number of nitrogen functional groups attached to an aromatic ring is 1. The molecule has 12 heteroatoms. The Morgan fingerprint density at radius 3 is 2.46 bits per heavy atom. The third-order valence-corrected chi connectivity index (χ3v) is 6.92. The van der Waals surface area contributed by atoms with E-state index < -0.39 is 29.3 Å². The first-order chi connectivity index (χ1) is 17.5. The van der Waals surface area contributed by atoms with Gasteiger partial charge in [-0.25, -0.2) is 0 Å². The highest BCUT2D eigenvalue weighted by Gasteiger charge is 2.38. The number of nitrogens with two attached hydrogens (primary N) is 2. The molecule has 0 spiro atoms. The molecule has 194 valence electrons. The molecule has 2 aromatic carbocycles. The lowest BCUT2D eigenvalue weighted by Gasteiger charge is -2.34. The van der Waals surface area contributed by atoms with Gasteiger partial charge >= 0.3 is 0 Å². The second-order valence-electron chi connectivity index (χ2n) is 9.07. The van der Waals surface area contributed by atoms with E-state index >= 15 is 0 Å². The van der Waals surface area contributed by atoms with Crippen molar-refractivity contribution in [2.75, 3.05) is 17.4 Å². The molecule has 0 saturated heterocycles. The number of primary amides is 1. The summed E-state index contributed by atoms with van der Waals surface area (Å²) in [4.78, 5) is 40.9. The van der Waals surface area contributed by atoms with E-state index in [2.05, 4.69) is 9.69 Å². The maximum Gasteiger partial charge on any atom is 0.273 e. The van der Waals surface area contributed by atoms with Crippen molar-refractivity contribution in [3.05, 3.63) is 58.6 Å². The Morgan fingerprint density at radius 2 is 1.84 bits per heavy atom. The molecule has 4 rings (SSSR count). The number of hydrogen-bond acceptors (Lipinski definition) is 9. The third kappa shape index (κ3) is 5.14. The van der Waals surface area contributed by atoms with Crippen LogP contribution in [0.5, 0.6) is 17.2 Å². The van der Waals surface area contributed by atoms with Gasteiger partial charge in [0.15, 0.2) is 17.2 Å². The number of ether oxygens (including phenoxy) is 2. The quantitative estimate of drug-likeness (QED) is 0.348. The number of nitrogens with zero attached hydrogens (tertiary/aromatic N) is 2. The number of amides is 3. The van der Waals surface area contributed by atoms with Gasteiger partial charge in [-0.2, -0.15) is 4.37 Å². The normalized spacial score (nSPS) is 13.2. The van der Waals surface area contributed by atoms with Crippen molar-refractivity contribution in [1.82, 2.24) is 9.69 Å². The number of fused-ring (bicyclic) bond motifs is 1. The number of nitrogens with one attached hydrogen (secondary N) is 1. The van der Waals surface area contributed by atoms with Crippen LogP contribution in [0.2, 0.25) is 0 Å². The van der Waals surface area contributed by atoms with Gasteiger partial charge < -0.3 is 31.4 Å². The molecule has 0 aliphatic carbocycles. The molecule has 3 aromatic rings. The number of hydrogen-bond donors (Lipinski definition) is 4. The van der Waals surface area contributed by atoms with E-state index in [4.69, 9.17) is 20.9 Å². The SMILES string of the molecule is CCC(C)(C)NC(=O)[C@@H](c1ccc(O)cc1)N(C(=O)c1snc(C(N)=O)c1N)c1ccc2c(c1)OCO2. The number of phenolic OH excluding ortho intramolecular Hbond substituents is 1. The van der Waals surface area contributed by atoms with Crippen LogP contribution in [0.25, 0.3) is 0 Å². The van der Waals surface area contributed by atoms with Gasteiger partial charge in [0.05, 0.1) is 5.69 Å². The first-order valence-corrected chi connectivity index (χ1v) is 12.2. The molecule has 0 radical (unpaired) electrons. The number of rotatable bonds is 8. The Kier molecular flexibility index (Phi) is 6.94. The van der Waals surface area contributed by atoms with E-state index in [0.717, 1.165) is 0 Å². The minimum absolute atomic E-state index is 0.00412. The van der Waals surface area contributed by atoms with Crippen LogP contribution in [0, 0.1) is 0 Å². The fourth-order valence-corrected chi connectivity index (χ4v) is 4.46. The van der Waals surface area contributed by atoms with Crippen LogP contribution in [0.4, 0.5) is 11.4 Å². The number of benzene rings is 2. The molecule has 3 amide bonds. The number of aromatic hydroxyl groups is 1. The zero-order valence-electron chi connectivity index (χ0n) is 20.5. The van der Waals surface area contributed by atoms with Crippen molar-refractivity contribution in [3.63, 3.8) is 0 Å². The number of anilines is 2. The van der Waals surface area contributed by atoms with Gasteiger partial charge in [0.1, 0.15) is 16.7 Å². The first kappa shape index (κ1) is 25.8. The summed E-state index contributed by atoms with van der Waals surface area (Å²) in [6.45, 7) is 5.68. The summed E-state index contributed by atoms with van der Waals surface area (Å²) in [6, 6.07) is 9.58. The number of carbonyl (C=O) groups is 3. The van der Waals surface area contributed by atoms with Crippen LogP contribution in [-0.4, -0.2) is 39.5 Å². The van der Waals surface area contributed by atoms with Crippen LogP contribution in [-0.2, 0) is 4.79 Å². The first-order valence-electron chi connectivity index (χ1n) is 11.4. The van der Waals surface area contributed by atoms with Crippen LogP contribution in [0.1, 0.15) is 59.0 Å². The Labute approximate surface area is 217 Å². The van der Waals surface area contributed by atoms with Crippen molar-refractivity contribution < 1.29 is 29.0 Å². The molecule has 11 nitrogen and oxygen atoms in total. The Bertz CT molecular complexity index is 1350. The molecule has 1 atom stereocenters. The summed E-state index contributed by atoms with van der Waals surface area (Å²) in [6.07, 6.45) is 0.628. The molecule has 1 aromatic heterocycles. The van der Waals surface area contributed by atoms with Crippen molar-refractivity contribution in [1.29, 1.82) is 0 Å². The monoisotopic (exact) mass is 525 g/mol. The van der Waals surface area contributed by atoms with E-state index in [-0.39, 0.29) is 28.8 Å². The van der Waals surface area contributed by atoms with Gasteiger partial charge in [0, 0.05) is 17.3 Å². The van der Waals surface area contributed by atoms with Gasteiger partial charge in [0.2, 0.25) is 12.7 Å². The molecular formula is C25H27N5O6S. The van der Waals surface area contributed by atoms with E-state index in [1.165, 1.54) is 17.0 Å².